The Morgan fingerprint density at radius 1 is 1.08 bits per heavy atom. The minimum Gasteiger partial charge on any atom is -0.493 e. The zero-order valence-corrected chi connectivity index (χ0v) is 16.0. The van der Waals surface area contributed by atoms with Crippen LogP contribution in [0.3, 0.4) is 0 Å². The number of hydrogen-bond acceptors (Lipinski definition) is 3. The van der Waals surface area contributed by atoms with Gasteiger partial charge in [0.05, 0.1) is 6.61 Å². The lowest BCUT2D eigenvalue weighted by atomic mass is 10.2. The normalized spacial score (nSPS) is 11.0. The lowest BCUT2D eigenvalue weighted by Gasteiger charge is -2.07. The molecule has 0 aliphatic rings. The van der Waals surface area contributed by atoms with Crippen LogP contribution in [0.4, 0.5) is 0 Å². The summed E-state index contributed by atoms with van der Waals surface area (Å²) in [4.78, 5) is 0. The second kappa shape index (κ2) is 17.4. The Morgan fingerprint density at radius 3 is 2.46 bits per heavy atom. The molecule has 0 spiro atoms. The number of aryl methyl sites for hydroxylation is 1. The van der Waals surface area contributed by atoms with E-state index in [0.29, 0.717) is 13.0 Å². The van der Waals surface area contributed by atoms with E-state index in [4.69, 9.17) is 9.84 Å². The van der Waals surface area contributed by atoms with Crippen molar-refractivity contribution in [3.63, 3.8) is 0 Å². The smallest absolute Gasteiger partial charge is 0.119 e. The first-order valence-electron chi connectivity index (χ1n) is 8.84. The molecule has 1 aromatic rings. The predicted molar refractivity (Wildman–Crippen MR) is 109 cm³/mol. The fourth-order valence-electron chi connectivity index (χ4n) is 1.79. The van der Waals surface area contributed by atoms with Gasteiger partial charge >= 0.3 is 0 Å². The second-order valence-corrected chi connectivity index (χ2v) is 5.33. The molecule has 1 atom stereocenters. The molecule has 0 bridgehead atoms. The van der Waals surface area contributed by atoms with E-state index in [1.54, 1.807) is 12.2 Å². The molecule has 3 nitrogen and oxygen atoms in total. The van der Waals surface area contributed by atoms with Gasteiger partial charge in [-0.05, 0) is 44.1 Å². The highest BCUT2D eigenvalue weighted by Gasteiger charge is 1.99. The molecule has 1 rings (SSSR count). The Bertz CT molecular complexity index is 634. The van der Waals surface area contributed by atoms with Gasteiger partial charge in [-0.15, -0.1) is 0 Å². The van der Waals surface area contributed by atoms with Gasteiger partial charge in [0.1, 0.15) is 11.9 Å². The average molecular weight is 354 g/mol. The number of unbranched alkanes of at least 4 members (excludes halogenated alkanes) is 1. The summed E-state index contributed by atoms with van der Waals surface area (Å²) in [7, 11) is 1.00. The molecular weight excluding hydrogens is 324 g/mol. The summed E-state index contributed by atoms with van der Waals surface area (Å²) in [5, 5.41) is 16.8. The van der Waals surface area contributed by atoms with Gasteiger partial charge < -0.3 is 14.9 Å². The molecule has 0 aromatic heterocycles. The number of rotatable bonds is 7. The molecule has 2 N–H and O–H groups in total. The van der Waals surface area contributed by atoms with Gasteiger partial charge in [0, 0.05) is 20.0 Å². The highest BCUT2D eigenvalue weighted by Crippen LogP contribution is 2.11. The largest absolute Gasteiger partial charge is 0.493 e. The van der Waals surface area contributed by atoms with Gasteiger partial charge in [0.25, 0.3) is 0 Å². The molecule has 26 heavy (non-hydrogen) atoms. The van der Waals surface area contributed by atoms with Crippen molar-refractivity contribution in [2.45, 2.75) is 45.6 Å². The topological polar surface area (TPSA) is 49.7 Å². The summed E-state index contributed by atoms with van der Waals surface area (Å²) >= 11 is 0. The molecule has 0 saturated heterocycles. The van der Waals surface area contributed by atoms with Crippen LogP contribution in [-0.2, 0) is 0 Å². The third kappa shape index (κ3) is 13.9. The van der Waals surface area contributed by atoms with Gasteiger partial charge in [0.2, 0.25) is 0 Å². The maximum atomic E-state index is 9.76. The minimum atomic E-state index is -0.688. The standard InChI is InChI=1S/C22H26O2.CH4O/c1-3-4-5-6-7-8-9-10-11-12-13-21(23)18-19-24-22-16-14-20(2)15-17-22;1-2/h4-5,10-11,14-17,21,23H,3,6-7,18-19H2,1-2H3;2H,1H3/b5-4-,11-10-;/t21-;/m1./s1. The Labute approximate surface area is 158 Å². The van der Waals surface area contributed by atoms with Crippen LogP contribution >= 0.6 is 0 Å². The first-order chi connectivity index (χ1) is 12.7. The van der Waals surface area contributed by atoms with Gasteiger partial charge in [-0.1, -0.05) is 60.5 Å². The fraction of sp³-hybridized carbons (Fsp3) is 0.391. The molecule has 0 unspecified atom stereocenters. The van der Waals surface area contributed by atoms with Crippen LogP contribution in [0.2, 0.25) is 0 Å². The van der Waals surface area contributed by atoms with E-state index >= 15 is 0 Å². The van der Waals surface area contributed by atoms with Gasteiger partial charge in [0.15, 0.2) is 0 Å². The fourth-order valence-corrected chi connectivity index (χ4v) is 1.79. The molecule has 3 heteroatoms. The monoisotopic (exact) mass is 354 g/mol. The molecule has 1 aromatic carbocycles. The highest BCUT2D eigenvalue weighted by atomic mass is 16.5. The lowest BCUT2D eigenvalue weighted by molar-refractivity contribution is 0.185. The van der Waals surface area contributed by atoms with Crippen LogP contribution in [0.15, 0.2) is 48.6 Å². The number of benzene rings is 1. The van der Waals surface area contributed by atoms with Gasteiger partial charge in [-0.25, -0.2) is 0 Å². The van der Waals surface area contributed by atoms with Crippen LogP contribution in [0.5, 0.6) is 5.75 Å². The number of allylic oxidation sites excluding steroid dienone is 4. The molecule has 0 fully saturated rings. The first-order valence-corrected chi connectivity index (χ1v) is 8.84. The second-order valence-electron chi connectivity index (χ2n) is 5.33. The molecule has 0 aliphatic carbocycles. The lowest BCUT2D eigenvalue weighted by Crippen LogP contribution is -2.09. The number of ether oxygens (including phenoxy) is 1. The molecule has 0 saturated carbocycles. The molecule has 0 aliphatic heterocycles. The Kier molecular flexibility index (Phi) is 15.7. The van der Waals surface area contributed by atoms with E-state index in [2.05, 4.69) is 42.8 Å². The van der Waals surface area contributed by atoms with E-state index in [1.807, 2.05) is 31.2 Å². The summed E-state index contributed by atoms with van der Waals surface area (Å²) in [5.41, 5.74) is 1.19. The van der Waals surface area contributed by atoms with Crippen molar-refractivity contribution in [1.82, 2.24) is 0 Å². The van der Waals surface area contributed by atoms with Crippen LogP contribution in [0, 0.1) is 30.6 Å². The van der Waals surface area contributed by atoms with E-state index < -0.39 is 6.10 Å². The van der Waals surface area contributed by atoms with Crippen LogP contribution in [0.25, 0.3) is 0 Å². The van der Waals surface area contributed by atoms with E-state index in [1.165, 1.54) is 5.56 Å². The average Bonchev–Trinajstić information content (AvgIpc) is 2.66. The zero-order valence-electron chi connectivity index (χ0n) is 16.0. The van der Waals surface area contributed by atoms with E-state index in [9.17, 15) is 5.11 Å². The van der Waals surface area contributed by atoms with Crippen LogP contribution < -0.4 is 4.74 Å². The maximum absolute atomic E-state index is 9.76. The van der Waals surface area contributed by atoms with Gasteiger partial charge in [-0.2, -0.15) is 0 Å². The Balaban J connectivity index is 0.00000301. The van der Waals surface area contributed by atoms with Crippen molar-refractivity contribution in [3.8, 4) is 29.4 Å². The van der Waals surface area contributed by atoms with Crippen LogP contribution in [-0.4, -0.2) is 30.0 Å². The molecule has 140 valence electrons. The Hall–Kier alpha value is -2.46. The highest BCUT2D eigenvalue weighted by molar-refractivity contribution is 5.27. The third-order valence-corrected chi connectivity index (χ3v) is 3.12. The van der Waals surface area contributed by atoms with Crippen molar-refractivity contribution in [2.24, 2.45) is 0 Å². The van der Waals surface area contributed by atoms with Crippen molar-refractivity contribution in [3.05, 3.63) is 54.1 Å². The van der Waals surface area contributed by atoms with Gasteiger partial charge in [-0.3, -0.25) is 0 Å². The molecule has 0 amide bonds. The van der Waals surface area contributed by atoms with E-state index in [0.717, 1.165) is 32.1 Å². The summed E-state index contributed by atoms with van der Waals surface area (Å²) < 4.78 is 5.56. The number of aliphatic hydroxyl groups excluding tert-OH is 2. The quantitative estimate of drug-likeness (QED) is 0.441. The summed E-state index contributed by atoms with van der Waals surface area (Å²) in [6, 6.07) is 7.84. The zero-order chi connectivity index (χ0) is 19.5. The third-order valence-electron chi connectivity index (χ3n) is 3.12. The summed E-state index contributed by atoms with van der Waals surface area (Å²) in [5.74, 6) is 12.3. The first kappa shape index (κ1) is 23.5. The Morgan fingerprint density at radius 2 is 1.77 bits per heavy atom. The minimum absolute atomic E-state index is 0.438. The molecular formula is C23H30O3. The number of hydrogen-bond donors (Lipinski definition) is 2. The van der Waals surface area contributed by atoms with Crippen molar-refractivity contribution >= 4 is 0 Å². The SMILES string of the molecule is CC/C=C\CCC#C/C=C\C#C[C@@H](O)CCOc1ccc(C)cc1.CO. The number of aliphatic hydroxyl groups is 2. The van der Waals surface area contributed by atoms with Crippen LogP contribution in [0.1, 0.15) is 38.2 Å². The molecule has 0 radical (unpaired) electrons. The van der Waals surface area contributed by atoms with E-state index in [-0.39, 0.29) is 0 Å². The van der Waals surface area contributed by atoms with Crippen molar-refractivity contribution < 1.29 is 14.9 Å². The molecule has 0 heterocycles. The predicted octanol–water partition coefficient (Wildman–Crippen LogP) is 4.04. The van der Waals surface area contributed by atoms with Crippen molar-refractivity contribution in [1.29, 1.82) is 0 Å². The summed E-state index contributed by atoms with van der Waals surface area (Å²) in [6.07, 6.45) is 10.4. The summed E-state index contributed by atoms with van der Waals surface area (Å²) in [6.45, 7) is 4.59. The maximum Gasteiger partial charge on any atom is 0.119 e. The van der Waals surface area contributed by atoms with Crippen molar-refractivity contribution in [2.75, 3.05) is 13.7 Å².